The molecule has 0 bridgehead atoms. The number of aromatic nitrogens is 2. The first-order chi connectivity index (χ1) is 8.97. The number of halogens is 1. The molecule has 0 fully saturated rings. The minimum atomic E-state index is -0.499. The Bertz CT molecular complexity index is 636. The Balaban J connectivity index is 2.15. The van der Waals surface area contributed by atoms with Gasteiger partial charge in [-0.2, -0.15) is 5.10 Å². The van der Waals surface area contributed by atoms with E-state index in [0.717, 1.165) is 0 Å². The van der Waals surface area contributed by atoms with Crippen LogP contribution >= 0.6 is 15.9 Å². The first kappa shape index (κ1) is 13.2. The van der Waals surface area contributed by atoms with Crippen molar-refractivity contribution in [3.05, 3.63) is 50.7 Å². The predicted octanol–water partition coefficient (Wildman–Crippen LogP) is 2.34. The maximum absolute atomic E-state index is 11.9. The fourth-order valence-electron chi connectivity index (χ4n) is 1.47. The highest BCUT2D eigenvalue weighted by atomic mass is 79.9. The normalized spacial score (nSPS) is 10.2. The summed E-state index contributed by atoms with van der Waals surface area (Å²) >= 11 is 3.23. The molecule has 0 aliphatic heterocycles. The van der Waals surface area contributed by atoms with Gasteiger partial charge in [-0.1, -0.05) is 0 Å². The number of hydrogen-bond donors (Lipinski definition) is 1. The average Bonchev–Trinajstić information content (AvgIpc) is 2.69. The standard InChI is InChI=1S/C11H9BrN4O3/c1-15-6-9(12)10(14-15)11(17)13-7-2-4-8(5-3-7)16(18)19/h2-6H,1H3,(H,13,17). The zero-order chi connectivity index (χ0) is 14.0. The Morgan fingerprint density at radius 1 is 1.42 bits per heavy atom. The topological polar surface area (TPSA) is 90.1 Å². The molecule has 2 aromatic rings. The second-order valence-corrected chi connectivity index (χ2v) is 4.61. The molecular formula is C11H9BrN4O3. The molecule has 98 valence electrons. The largest absolute Gasteiger partial charge is 0.321 e. The summed E-state index contributed by atoms with van der Waals surface area (Å²) < 4.78 is 2.09. The van der Waals surface area contributed by atoms with Crippen LogP contribution in [-0.4, -0.2) is 20.6 Å². The Morgan fingerprint density at radius 2 is 2.05 bits per heavy atom. The lowest BCUT2D eigenvalue weighted by atomic mass is 10.3. The van der Waals surface area contributed by atoms with Crippen LogP contribution in [0.2, 0.25) is 0 Å². The van der Waals surface area contributed by atoms with E-state index < -0.39 is 4.92 Å². The number of carbonyl (C=O) groups is 1. The molecule has 1 N–H and O–H groups in total. The molecule has 19 heavy (non-hydrogen) atoms. The summed E-state index contributed by atoms with van der Waals surface area (Å²) in [6, 6.07) is 5.58. The van der Waals surface area contributed by atoms with E-state index in [4.69, 9.17) is 0 Å². The van der Waals surface area contributed by atoms with Gasteiger partial charge in [-0.15, -0.1) is 0 Å². The second-order valence-electron chi connectivity index (χ2n) is 3.76. The molecule has 0 saturated carbocycles. The maximum Gasteiger partial charge on any atom is 0.277 e. The van der Waals surface area contributed by atoms with Gasteiger partial charge in [0.1, 0.15) is 0 Å². The Labute approximate surface area is 116 Å². The average molecular weight is 325 g/mol. The number of nitrogens with one attached hydrogen (secondary N) is 1. The molecule has 8 heteroatoms. The van der Waals surface area contributed by atoms with E-state index in [1.54, 1.807) is 13.2 Å². The Morgan fingerprint density at radius 3 is 2.53 bits per heavy atom. The highest BCUT2D eigenvalue weighted by Crippen LogP contribution is 2.18. The van der Waals surface area contributed by atoms with Gasteiger partial charge in [0, 0.05) is 31.1 Å². The van der Waals surface area contributed by atoms with Crippen molar-refractivity contribution in [2.75, 3.05) is 5.32 Å². The van der Waals surface area contributed by atoms with Crippen LogP contribution in [-0.2, 0) is 7.05 Å². The highest BCUT2D eigenvalue weighted by Gasteiger charge is 2.14. The summed E-state index contributed by atoms with van der Waals surface area (Å²) in [5, 5.41) is 17.1. The van der Waals surface area contributed by atoms with E-state index in [-0.39, 0.29) is 17.3 Å². The molecule has 7 nitrogen and oxygen atoms in total. The number of nitrogens with zero attached hydrogens (tertiary/aromatic N) is 3. The fourth-order valence-corrected chi connectivity index (χ4v) is 2.03. The van der Waals surface area contributed by atoms with Crippen molar-refractivity contribution < 1.29 is 9.72 Å². The van der Waals surface area contributed by atoms with Gasteiger partial charge >= 0.3 is 0 Å². The lowest BCUT2D eigenvalue weighted by Gasteiger charge is -2.02. The van der Waals surface area contributed by atoms with Crippen molar-refractivity contribution in [1.29, 1.82) is 0 Å². The van der Waals surface area contributed by atoms with Gasteiger partial charge in [-0.05, 0) is 28.1 Å². The molecule has 0 atom stereocenters. The van der Waals surface area contributed by atoms with Crippen molar-refractivity contribution in [1.82, 2.24) is 9.78 Å². The van der Waals surface area contributed by atoms with Crippen LogP contribution in [0.5, 0.6) is 0 Å². The smallest absolute Gasteiger partial charge is 0.277 e. The van der Waals surface area contributed by atoms with Gasteiger partial charge in [0.2, 0.25) is 0 Å². The molecule has 1 amide bonds. The number of anilines is 1. The minimum absolute atomic E-state index is 0.0305. The molecule has 0 saturated heterocycles. The lowest BCUT2D eigenvalue weighted by Crippen LogP contribution is -2.13. The number of amides is 1. The lowest BCUT2D eigenvalue weighted by molar-refractivity contribution is -0.384. The summed E-state index contributed by atoms with van der Waals surface area (Å²) in [4.78, 5) is 21.9. The SMILES string of the molecule is Cn1cc(Br)c(C(=O)Nc2ccc([N+](=O)[O-])cc2)n1. The third-order valence-corrected chi connectivity index (χ3v) is 2.92. The van der Waals surface area contributed by atoms with Gasteiger partial charge in [-0.3, -0.25) is 19.6 Å². The molecule has 2 rings (SSSR count). The Hall–Kier alpha value is -2.22. The van der Waals surface area contributed by atoms with Gasteiger partial charge in [0.15, 0.2) is 5.69 Å². The number of non-ortho nitro benzene ring substituents is 1. The molecular weight excluding hydrogens is 316 g/mol. The van der Waals surface area contributed by atoms with Crippen molar-refractivity contribution >= 4 is 33.2 Å². The summed E-state index contributed by atoms with van der Waals surface area (Å²) in [5.74, 6) is -0.388. The molecule has 0 unspecified atom stereocenters. The molecule has 1 heterocycles. The Kier molecular flexibility index (Phi) is 3.61. The molecule has 1 aromatic heterocycles. The van der Waals surface area contributed by atoms with E-state index in [9.17, 15) is 14.9 Å². The first-order valence-electron chi connectivity index (χ1n) is 5.22. The van der Waals surface area contributed by atoms with Gasteiger partial charge in [0.05, 0.1) is 9.40 Å². The molecule has 1 aromatic carbocycles. The van der Waals surface area contributed by atoms with E-state index in [1.165, 1.54) is 28.9 Å². The van der Waals surface area contributed by atoms with Crippen molar-refractivity contribution in [3.63, 3.8) is 0 Å². The number of aryl methyl sites for hydroxylation is 1. The maximum atomic E-state index is 11.9. The van der Waals surface area contributed by atoms with Crippen LogP contribution in [0, 0.1) is 10.1 Å². The van der Waals surface area contributed by atoms with Crippen LogP contribution in [0.4, 0.5) is 11.4 Å². The third-order valence-electron chi connectivity index (χ3n) is 2.34. The minimum Gasteiger partial charge on any atom is -0.321 e. The van der Waals surface area contributed by atoms with Crippen molar-refractivity contribution in [2.24, 2.45) is 7.05 Å². The van der Waals surface area contributed by atoms with E-state index in [1.807, 2.05) is 0 Å². The van der Waals surface area contributed by atoms with Gasteiger partial charge in [0.25, 0.3) is 11.6 Å². The van der Waals surface area contributed by atoms with Crippen LogP contribution in [0.1, 0.15) is 10.5 Å². The highest BCUT2D eigenvalue weighted by molar-refractivity contribution is 9.10. The van der Waals surface area contributed by atoms with Crippen LogP contribution in [0.3, 0.4) is 0 Å². The van der Waals surface area contributed by atoms with E-state index in [0.29, 0.717) is 10.2 Å². The van der Waals surface area contributed by atoms with Crippen LogP contribution in [0.15, 0.2) is 34.9 Å². The van der Waals surface area contributed by atoms with E-state index in [2.05, 4.69) is 26.3 Å². The van der Waals surface area contributed by atoms with E-state index >= 15 is 0 Å². The zero-order valence-corrected chi connectivity index (χ0v) is 11.4. The predicted molar refractivity (Wildman–Crippen MR) is 72.0 cm³/mol. The van der Waals surface area contributed by atoms with Crippen molar-refractivity contribution in [3.8, 4) is 0 Å². The monoisotopic (exact) mass is 324 g/mol. The number of benzene rings is 1. The fraction of sp³-hybridized carbons (Fsp3) is 0.0909. The number of nitro benzene ring substituents is 1. The molecule has 0 aliphatic carbocycles. The number of nitro groups is 1. The summed E-state index contributed by atoms with van der Waals surface area (Å²) in [5.41, 5.74) is 0.686. The number of rotatable bonds is 3. The summed E-state index contributed by atoms with van der Waals surface area (Å²) in [6.07, 6.45) is 1.66. The van der Waals surface area contributed by atoms with Crippen LogP contribution in [0.25, 0.3) is 0 Å². The number of carbonyl (C=O) groups excluding carboxylic acids is 1. The van der Waals surface area contributed by atoms with Gasteiger partial charge < -0.3 is 5.32 Å². The number of hydrogen-bond acceptors (Lipinski definition) is 4. The second kappa shape index (κ2) is 5.19. The molecule has 0 aliphatic rings. The quantitative estimate of drug-likeness (QED) is 0.693. The van der Waals surface area contributed by atoms with Crippen molar-refractivity contribution in [2.45, 2.75) is 0 Å². The molecule has 0 radical (unpaired) electrons. The summed E-state index contributed by atoms with van der Waals surface area (Å²) in [7, 11) is 1.70. The van der Waals surface area contributed by atoms with Crippen LogP contribution < -0.4 is 5.32 Å². The third kappa shape index (κ3) is 2.97. The van der Waals surface area contributed by atoms with Gasteiger partial charge in [-0.25, -0.2) is 0 Å². The first-order valence-corrected chi connectivity index (χ1v) is 6.01. The zero-order valence-electron chi connectivity index (χ0n) is 9.83. The molecule has 0 spiro atoms. The summed E-state index contributed by atoms with van der Waals surface area (Å²) in [6.45, 7) is 0.